The third kappa shape index (κ3) is 3.13. The summed E-state index contributed by atoms with van der Waals surface area (Å²) in [6.45, 7) is 0. The molecule has 0 spiro atoms. The lowest BCUT2D eigenvalue weighted by atomic mass is 10.3. The topological polar surface area (TPSA) is 59.8 Å². The maximum absolute atomic E-state index is 12.7. The smallest absolute Gasteiger partial charge is 0.317 e. The molecule has 2 heterocycles. The lowest BCUT2D eigenvalue weighted by Gasteiger charge is -2.06. The second kappa shape index (κ2) is 4.93. The Bertz CT molecular complexity index is 621. The maximum Gasteiger partial charge on any atom is 0.437 e. The minimum atomic E-state index is -4.63. The molecule has 0 saturated carbocycles. The standard InChI is InChI=1S/C9H6BrF3N4OS/c1-17-2-4(6(16-17)9(11,12)13)14-7(18)5-3-19-8(10)15-5/h2-3H,1H3,(H,14,18). The number of halogens is 4. The van der Waals surface area contributed by atoms with Gasteiger partial charge >= 0.3 is 6.18 Å². The van der Waals surface area contributed by atoms with Gasteiger partial charge in [0.2, 0.25) is 0 Å². The van der Waals surface area contributed by atoms with Gasteiger partial charge in [0.25, 0.3) is 5.91 Å². The quantitative estimate of drug-likeness (QED) is 0.901. The molecule has 0 radical (unpaired) electrons. The van der Waals surface area contributed by atoms with E-state index in [-0.39, 0.29) is 5.69 Å². The van der Waals surface area contributed by atoms with Crippen LogP contribution >= 0.6 is 27.3 Å². The molecule has 0 atom stereocenters. The van der Waals surface area contributed by atoms with E-state index >= 15 is 0 Å². The zero-order valence-electron chi connectivity index (χ0n) is 9.32. The average molecular weight is 355 g/mol. The molecule has 2 aromatic heterocycles. The van der Waals surface area contributed by atoms with Crippen LogP contribution in [0.5, 0.6) is 0 Å². The number of carbonyl (C=O) groups excluding carboxylic acids is 1. The number of anilines is 1. The van der Waals surface area contributed by atoms with Gasteiger partial charge in [-0.3, -0.25) is 9.48 Å². The summed E-state index contributed by atoms with van der Waals surface area (Å²) in [5.41, 5.74) is -1.50. The molecule has 0 fully saturated rings. The molecule has 1 amide bonds. The van der Waals surface area contributed by atoms with Crippen molar-refractivity contribution in [2.45, 2.75) is 6.18 Å². The van der Waals surface area contributed by atoms with Gasteiger partial charge in [0, 0.05) is 18.6 Å². The summed E-state index contributed by atoms with van der Waals surface area (Å²) in [6.07, 6.45) is -3.55. The fourth-order valence-corrected chi connectivity index (χ4v) is 2.32. The van der Waals surface area contributed by atoms with Crippen molar-refractivity contribution in [3.8, 4) is 0 Å². The monoisotopic (exact) mass is 354 g/mol. The highest BCUT2D eigenvalue weighted by Crippen LogP contribution is 2.33. The highest BCUT2D eigenvalue weighted by atomic mass is 79.9. The molecule has 2 rings (SSSR count). The molecule has 0 aromatic carbocycles. The van der Waals surface area contributed by atoms with Crippen molar-refractivity contribution in [3.63, 3.8) is 0 Å². The van der Waals surface area contributed by atoms with Crippen molar-refractivity contribution in [3.05, 3.63) is 26.9 Å². The first-order valence-corrected chi connectivity index (χ1v) is 6.48. The molecular formula is C9H6BrF3N4OS. The van der Waals surface area contributed by atoms with Gasteiger partial charge in [-0.25, -0.2) is 4.98 Å². The Morgan fingerprint density at radius 3 is 2.74 bits per heavy atom. The van der Waals surface area contributed by atoms with Crippen LogP contribution in [0, 0.1) is 0 Å². The largest absolute Gasteiger partial charge is 0.437 e. The fourth-order valence-electron chi connectivity index (χ4n) is 1.33. The number of hydrogen-bond donors (Lipinski definition) is 1. The summed E-state index contributed by atoms with van der Waals surface area (Å²) in [4.78, 5) is 15.5. The van der Waals surface area contributed by atoms with Crippen LogP contribution in [0.1, 0.15) is 16.2 Å². The molecule has 2 aromatic rings. The van der Waals surface area contributed by atoms with E-state index in [0.29, 0.717) is 3.92 Å². The van der Waals surface area contributed by atoms with Gasteiger partial charge in [0.15, 0.2) is 9.61 Å². The minimum Gasteiger partial charge on any atom is -0.317 e. The fraction of sp³-hybridized carbons (Fsp3) is 0.222. The first-order chi connectivity index (χ1) is 8.77. The van der Waals surface area contributed by atoms with Crippen molar-refractivity contribution in [2.75, 3.05) is 5.32 Å². The van der Waals surface area contributed by atoms with Crippen LogP contribution in [-0.4, -0.2) is 20.7 Å². The number of nitrogens with one attached hydrogen (secondary N) is 1. The highest BCUT2D eigenvalue weighted by molar-refractivity contribution is 9.11. The summed E-state index contributed by atoms with van der Waals surface area (Å²) in [5, 5.41) is 6.87. The van der Waals surface area contributed by atoms with Crippen LogP contribution in [0.4, 0.5) is 18.9 Å². The van der Waals surface area contributed by atoms with Crippen molar-refractivity contribution in [1.29, 1.82) is 0 Å². The first-order valence-electron chi connectivity index (χ1n) is 4.80. The van der Waals surface area contributed by atoms with Gasteiger partial charge in [0.05, 0.1) is 5.69 Å². The summed E-state index contributed by atoms with van der Waals surface area (Å²) in [5.74, 6) is -0.722. The van der Waals surface area contributed by atoms with Crippen molar-refractivity contribution in [1.82, 2.24) is 14.8 Å². The zero-order chi connectivity index (χ0) is 14.2. The molecule has 0 saturated heterocycles. The van der Waals surface area contributed by atoms with E-state index in [4.69, 9.17) is 0 Å². The number of rotatable bonds is 2. The Morgan fingerprint density at radius 1 is 1.53 bits per heavy atom. The Labute approximate surface area is 117 Å². The molecule has 19 heavy (non-hydrogen) atoms. The molecule has 0 aliphatic rings. The van der Waals surface area contributed by atoms with Gasteiger partial charge in [-0.15, -0.1) is 11.3 Å². The van der Waals surface area contributed by atoms with E-state index in [1.165, 1.54) is 12.4 Å². The number of thiazole rings is 1. The van der Waals surface area contributed by atoms with E-state index < -0.39 is 23.5 Å². The summed E-state index contributed by atoms with van der Waals surface area (Å²) < 4.78 is 39.5. The van der Waals surface area contributed by atoms with Crippen LogP contribution in [0.3, 0.4) is 0 Å². The summed E-state index contributed by atoms with van der Waals surface area (Å²) >= 11 is 4.23. The normalized spacial score (nSPS) is 11.6. The predicted octanol–water partition coefficient (Wildman–Crippen LogP) is 2.91. The van der Waals surface area contributed by atoms with E-state index in [0.717, 1.165) is 22.2 Å². The highest BCUT2D eigenvalue weighted by Gasteiger charge is 2.37. The number of amides is 1. The molecule has 0 aliphatic carbocycles. The van der Waals surface area contributed by atoms with Crippen molar-refractivity contribution in [2.24, 2.45) is 7.05 Å². The van der Waals surface area contributed by atoms with E-state index in [2.05, 4.69) is 31.3 Å². The number of aromatic nitrogens is 3. The second-order valence-corrected chi connectivity index (χ2v) is 5.64. The Hall–Kier alpha value is -1.42. The van der Waals surface area contributed by atoms with Gasteiger partial charge in [0.1, 0.15) is 5.69 Å². The van der Waals surface area contributed by atoms with Gasteiger partial charge < -0.3 is 5.32 Å². The Morgan fingerprint density at radius 2 is 2.21 bits per heavy atom. The van der Waals surface area contributed by atoms with E-state index in [1.54, 1.807) is 0 Å². The lowest BCUT2D eigenvalue weighted by Crippen LogP contribution is -2.16. The maximum atomic E-state index is 12.7. The summed E-state index contributed by atoms with van der Waals surface area (Å²) in [7, 11) is 1.34. The van der Waals surface area contributed by atoms with Crippen LogP contribution in [-0.2, 0) is 13.2 Å². The van der Waals surface area contributed by atoms with Crippen molar-refractivity contribution >= 4 is 38.9 Å². The van der Waals surface area contributed by atoms with Gasteiger partial charge in [-0.2, -0.15) is 18.3 Å². The van der Waals surface area contributed by atoms with Crippen molar-refractivity contribution < 1.29 is 18.0 Å². The predicted molar refractivity (Wildman–Crippen MR) is 66.0 cm³/mol. The number of nitrogens with zero attached hydrogens (tertiary/aromatic N) is 3. The Kier molecular flexibility index (Phi) is 3.63. The second-order valence-electron chi connectivity index (χ2n) is 3.50. The van der Waals surface area contributed by atoms with E-state index in [1.807, 2.05) is 0 Å². The Balaban J connectivity index is 2.27. The van der Waals surface area contributed by atoms with Gasteiger partial charge in [-0.1, -0.05) is 0 Å². The third-order valence-corrected chi connectivity index (χ3v) is 3.42. The molecule has 102 valence electrons. The third-order valence-electron chi connectivity index (χ3n) is 2.05. The average Bonchev–Trinajstić information content (AvgIpc) is 2.84. The minimum absolute atomic E-state index is 0.0360. The van der Waals surface area contributed by atoms with Crippen LogP contribution < -0.4 is 5.32 Å². The zero-order valence-corrected chi connectivity index (χ0v) is 11.7. The number of hydrogen-bond acceptors (Lipinski definition) is 4. The molecule has 5 nitrogen and oxygen atoms in total. The van der Waals surface area contributed by atoms with Crippen LogP contribution in [0.15, 0.2) is 15.5 Å². The summed E-state index contributed by atoms with van der Waals surface area (Å²) in [6, 6.07) is 0. The molecule has 0 bridgehead atoms. The van der Waals surface area contributed by atoms with Gasteiger partial charge in [-0.05, 0) is 15.9 Å². The molecule has 0 aliphatic heterocycles. The number of alkyl halides is 3. The molecule has 0 unspecified atom stereocenters. The molecule has 10 heteroatoms. The SMILES string of the molecule is Cn1cc(NC(=O)c2csc(Br)n2)c(C(F)(F)F)n1. The number of carbonyl (C=O) groups is 1. The molecular weight excluding hydrogens is 349 g/mol. The van der Waals surface area contributed by atoms with E-state index in [9.17, 15) is 18.0 Å². The molecule has 1 N–H and O–H groups in total. The number of aryl methyl sites for hydroxylation is 1. The first kappa shape index (κ1) is 14.0. The lowest BCUT2D eigenvalue weighted by molar-refractivity contribution is -0.140. The van der Waals surface area contributed by atoms with Crippen LogP contribution in [0.2, 0.25) is 0 Å². The van der Waals surface area contributed by atoms with Crippen LogP contribution in [0.25, 0.3) is 0 Å².